The Morgan fingerprint density at radius 1 is 1.25 bits per heavy atom. The van der Waals surface area contributed by atoms with Crippen LogP contribution in [0.2, 0.25) is 0 Å². The van der Waals surface area contributed by atoms with Crippen LogP contribution in [-0.2, 0) is 4.79 Å². The van der Waals surface area contributed by atoms with E-state index >= 15 is 0 Å². The number of carbonyl (C=O) groups excluding carboxylic acids is 1. The van der Waals surface area contributed by atoms with E-state index in [1.807, 2.05) is 29.2 Å². The largest absolute Gasteiger partial charge is 0.497 e. The lowest BCUT2D eigenvalue weighted by Gasteiger charge is -2.31. The van der Waals surface area contributed by atoms with Crippen molar-refractivity contribution in [1.29, 1.82) is 0 Å². The van der Waals surface area contributed by atoms with Gasteiger partial charge in [0, 0.05) is 25.1 Å². The molecule has 6 heteroatoms. The van der Waals surface area contributed by atoms with Gasteiger partial charge in [0.05, 0.1) is 13.0 Å². The van der Waals surface area contributed by atoms with Crippen LogP contribution in [0.15, 0.2) is 28.8 Å². The molecule has 1 aliphatic carbocycles. The molecule has 1 saturated heterocycles. The minimum absolute atomic E-state index is 0.121. The molecule has 0 radical (unpaired) electrons. The summed E-state index contributed by atoms with van der Waals surface area (Å²) < 4.78 is 10.8. The van der Waals surface area contributed by atoms with E-state index in [0.29, 0.717) is 24.7 Å². The first-order valence-corrected chi connectivity index (χ1v) is 10.5. The molecule has 0 N–H and O–H groups in total. The van der Waals surface area contributed by atoms with E-state index in [9.17, 15) is 4.79 Å². The van der Waals surface area contributed by atoms with E-state index in [2.05, 4.69) is 10.1 Å². The lowest BCUT2D eigenvalue weighted by molar-refractivity contribution is -0.132. The summed E-state index contributed by atoms with van der Waals surface area (Å²) in [4.78, 5) is 19.3. The van der Waals surface area contributed by atoms with Crippen molar-refractivity contribution in [2.75, 3.05) is 20.2 Å². The second-order valence-corrected chi connectivity index (χ2v) is 8.06. The first-order valence-electron chi connectivity index (χ1n) is 10.5. The zero-order valence-corrected chi connectivity index (χ0v) is 16.6. The number of ether oxygens (including phenoxy) is 1. The fraction of sp³-hybridized carbons (Fsp3) is 0.591. The number of hydrogen-bond acceptors (Lipinski definition) is 5. The van der Waals surface area contributed by atoms with Crippen molar-refractivity contribution in [2.24, 2.45) is 5.92 Å². The average molecular weight is 383 g/mol. The van der Waals surface area contributed by atoms with Gasteiger partial charge in [0.2, 0.25) is 17.6 Å². The number of methoxy groups -OCH3 is 1. The van der Waals surface area contributed by atoms with E-state index in [4.69, 9.17) is 9.26 Å². The molecule has 0 spiro atoms. The molecule has 1 amide bonds. The number of carbonyl (C=O) groups is 1. The molecular weight excluding hydrogens is 354 g/mol. The summed E-state index contributed by atoms with van der Waals surface area (Å²) in [5, 5.41) is 4.15. The number of rotatable bonds is 6. The molecule has 0 unspecified atom stereocenters. The summed E-state index contributed by atoms with van der Waals surface area (Å²) in [7, 11) is 1.64. The van der Waals surface area contributed by atoms with Crippen molar-refractivity contribution in [2.45, 2.75) is 57.3 Å². The predicted molar refractivity (Wildman–Crippen MR) is 106 cm³/mol. The van der Waals surface area contributed by atoms with E-state index in [0.717, 1.165) is 43.0 Å². The Morgan fingerprint density at radius 2 is 2.11 bits per heavy atom. The molecule has 6 nitrogen and oxygen atoms in total. The Hall–Kier alpha value is -2.37. The molecule has 1 saturated carbocycles. The quantitative estimate of drug-likeness (QED) is 0.738. The SMILES string of the molecule is COc1cccc(-c2noc([C@@H]3CCCN(C(=O)CCC4CCCC4)C3)n2)c1. The van der Waals surface area contributed by atoms with Crippen LogP contribution < -0.4 is 4.74 Å². The molecule has 1 aliphatic heterocycles. The molecule has 0 bridgehead atoms. The highest BCUT2D eigenvalue weighted by molar-refractivity contribution is 5.76. The molecule has 4 rings (SSSR count). The van der Waals surface area contributed by atoms with Crippen molar-refractivity contribution >= 4 is 5.91 Å². The second kappa shape index (κ2) is 8.76. The fourth-order valence-corrected chi connectivity index (χ4v) is 4.47. The Morgan fingerprint density at radius 3 is 2.93 bits per heavy atom. The van der Waals surface area contributed by atoms with Gasteiger partial charge >= 0.3 is 0 Å². The first kappa shape index (κ1) is 19.0. The molecule has 28 heavy (non-hydrogen) atoms. The summed E-state index contributed by atoms with van der Waals surface area (Å²) in [6.45, 7) is 1.53. The lowest BCUT2D eigenvalue weighted by Crippen LogP contribution is -2.39. The van der Waals surface area contributed by atoms with Crippen LogP contribution in [0.25, 0.3) is 11.4 Å². The highest BCUT2D eigenvalue weighted by Gasteiger charge is 2.29. The second-order valence-electron chi connectivity index (χ2n) is 8.06. The standard InChI is InChI=1S/C22H29N3O3/c1-27-19-10-4-8-17(14-19)21-23-22(28-24-21)18-9-5-13-25(15-18)20(26)12-11-16-6-2-3-7-16/h4,8,10,14,16,18H,2-3,5-7,9,11-13,15H2,1H3/t18-/m1/s1. The lowest BCUT2D eigenvalue weighted by atomic mass is 9.96. The van der Waals surface area contributed by atoms with Gasteiger partial charge in [-0.15, -0.1) is 0 Å². The van der Waals surface area contributed by atoms with Crippen LogP contribution >= 0.6 is 0 Å². The number of hydrogen-bond donors (Lipinski definition) is 0. The summed E-state index contributed by atoms with van der Waals surface area (Å²) in [5.74, 6) is 3.12. The summed E-state index contributed by atoms with van der Waals surface area (Å²) >= 11 is 0. The van der Waals surface area contributed by atoms with Crippen LogP contribution in [0.3, 0.4) is 0 Å². The number of aromatic nitrogens is 2. The van der Waals surface area contributed by atoms with Crippen LogP contribution in [0.1, 0.15) is 63.2 Å². The van der Waals surface area contributed by atoms with Gasteiger partial charge in [-0.1, -0.05) is 43.0 Å². The Labute approximate surface area is 166 Å². The molecule has 1 aromatic heterocycles. The van der Waals surface area contributed by atoms with Gasteiger partial charge in [0.25, 0.3) is 0 Å². The van der Waals surface area contributed by atoms with Gasteiger partial charge in [0.15, 0.2) is 0 Å². The number of benzene rings is 1. The number of piperidine rings is 1. The fourth-order valence-electron chi connectivity index (χ4n) is 4.47. The first-order chi connectivity index (χ1) is 13.7. The van der Waals surface area contributed by atoms with Crippen LogP contribution in [-0.4, -0.2) is 41.1 Å². The summed E-state index contributed by atoms with van der Waals surface area (Å²) in [6, 6.07) is 7.64. The van der Waals surface area contributed by atoms with E-state index < -0.39 is 0 Å². The zero-order chi connectivity index (χ0) is 19.3. The van der Waals surface area contributed by atoms with Gasteiger partial charge < -0.3 is 14.2 Å². The predicted octanol–water partition coefficient (Wildman–Crippen LogP) is 4.42. The molecule has 2 aliphatic rings. The van der Waals surface area contributed by atoms with Gasteiger partial charge in [-0.25, -0.2) is 0 Å². The highest BCUT2D eigenvalue weighted by atomic mass is 16.5. The zero-order valence-electron chi connectivity index (χ0n) is 16.6. The smallest absolute Gasteiger partial charge is 0.231 e. The van der Waals surface area contributed by atoms with Gasteiger partial charge in [-0.3, -0.25) is 4.79 Å². The normalized spacial score (nSPS) is 20.5. The molecule has 150 valence electrons. The Kier molecular flexibility index (Phi) is 5.93. The van der Waals surface area contributed by atoms with Crippen molar-refractivity contribution in [3.63, 3.8) is 0 Å². The Bertz CT molecular complexity index is 798. The molecule has 2 fully saturated rings. The van der Waals surface area contributed by atoms with Crippen molar-refractivity contribution in [3.8, 4) is 17.1 Å². The van der Waals surface area contributed by atoms with Crippen LogP contribution in [0, 0.1) is 5.92 Å². The maximum absolute atomic E-state index is 12.7. The molecule has 2 heterocycles. The topological polar surface area (TPSA) is 68.5 Å². The Balaban J connectivity index is 1.37. The number of nitrogens with zero attached hydrogens (tertiary/aromatic N) is 3. The minimum Gasteiger partial charge on any atom is -0.497 e. The highest BCUT2D eigenvalue weighted by Crippen LogP contribution is 2.31. The number of likely N-dealkylation sites (tertiary alicyclic amines) is 1. The van der Waals surface area contributed by atoms with E-state index in [-0.39, 0.29) is 11.8 Å². The summed E-state index contributed by atoms with van der Waals surface area (Å²) in [5.41, 5.74) is 0.870. The van der Waals surface area contributed by atoms with Crippen molar-refractivity contribution in [1.82, 2.24) is 15.0 Å². The third kappa shape index (κ3) is 4.37. The van der Waals surface area contributed by atoms with Gasteiger partial charge in [-0.05, 0) is 37.3 Å². The number of amides is 1. The molecule has 2 aromatic rings. The maximum Gasteiger partial charge on any atom is 0.231 e. The molecule has 1 aromatic carbocycles. The molecular formula is C22H29N3O3. The van der Waals surface area contributed by atoms with Crippen LogP contribution in [0.4, 0.5) is 0 Å². The third-order valence-corrected chi connectivity index (χ3v) is 6.13. The molecule has 1 atom stereocenters. The van der Waals surface area contributed by atoms with E-state index in [1.165, 1.54) is 25.7 Å². The minimum atomic E-state index is 0.121. The maximum atomic E-state index is 12.7. The monoisotopic (exact) mass is 383 g/mol. The van der Waals surface area contributed by atoms with Crippen molar-refractivity contribution in [3.05, 3.63) is 30.2 Å². The van der Waals surface area contributed by atoms with Crippen molar-refractivity contribution < 1.29 is 14.1 Å². The van der Waals surface area contributed by atoms with Gasteiger partial charge in [-0.2, -0.15) is 4.98 Å². The third-order valence-electron chi connectivity index (χ3n) is 6.13. The average Bonchev–Trinajstić information content (AvgIpc) is 3.44. The van der Waals surface area contributed by atoms with Gasteiger partial charge in [0.1, 0.15) is 5.75 Å². The van der Waals surface area contributed by atoms with Crippen LogP contribution in [0.5, 0.6) is 5.75 Å². The van der Waals surface area contributed by atoms with E-state index in [1.54, 1.807) is 7.11 Å². The summed E-state index contributed by atoms with van der Waals surface area (Å²) in [6.07, 6.45) is 8.93.